The number of nitrogens with zero attached hydrogens (tertiary/aromatic N) is 2. The number of pyridine rings is 1. The highest BCUT2D eigenvalue weighted by atomic mass is 35.5. The third-order valence-electron chi connectivity index (χ3n) is 2.62. The molecule has 0 spiro atoms. The fraction of sp³-hybridized carbons (Fsp3) is 0.0667. The highest BCUT2D eigenvalue weighted by Gasteiger charge is 2.07. The number of benzene rings is 1. The lowest BCUT2D eigenvalue weighted by Gasteiger charge is -2.04. The quantitative estimate of drug-likeness (QED) is 0.649. The van der Waals surface area contributed by atoms with Gasteiger partial charge in [0.1, 0.15) is 0 Å². The minimum atomic E-state index is -0.424. The van der Waals surface area contributed by atoms with E-state index in [9.17, 15) is 9.59 Å². The van der Waals surface area contributed by atoms with E-state index in [2.05, 4.69) is 20.8 Å². The average Bonchev–Trinajstić information content (AvgIpc) is 2.54. The van der Waals surface area contributed by atoms with Gasteiger partial charge in [-0.25, -0.2) is 5.43 Å². The van der Waals surface area contributed by atoms with Crippen LogP contribution in [0.1, 0.15) is 15.9 Å². The van der Waals surface area contributed by atoms with Crippen LogP contribution in [0.2, 0.25) is 5.02 Å². The summed E-state index contributed by atoms with van der Waals surface area (Å²) in [5.74, 6) is -0.780. The Morgan fingerprint density at radius 2 is 1.82 bits per heavy atom. The van der Waals surface area contributed by atoms with Crippen molar-refractivity contribution in [1.29, 1.82) is 0 Å². The van der Waals surface area contributed by atoms with Crippen LogP contribution in [0.15, 0.2) is 53.9 Å². The maximum atomic E-state index is 11.8. The van der Waals surface area contributed by atoms with Gasteiger partial charge in [-0.2, -0.15) is 5.10 Å². The molecule has 112 valence electrons. The molecule has 22 heavy (non-hydrogen) atoms. The van der Waals surface area contributed by atoms with E-state index in [1.54, 1.807) is 48.8 Å². The van der Waals surface area contributed by atoms with Crippen LogP contribution in [0.25, 0.3) is 0 Å². The average molecular weight is 317 g/mol. The molecule has 0 saturated carbocycles. The second-order valence-electron chi connectivity index (χ2n) is 4.26. The van der Waals surface area contributed by atoms with Crippen molar-refractivity contribution >= 4 is 29.6 Å². The minimum absolute atomic E-state index is 0.171. The van der Waals surface area contributed by atoms with Crippen molar-refractivity contribution in [3.63, 3.8) is 0 Å². The molecule has 0 unspecified atom stereocenters. The second kappa shape index (κ2) is 7.90. The van der Waals surface area contributed by atoms with E-state index in [0.29, 0.717) is 10.6 Å². The fourth-order valence-electron chi connectivity index (χ4n) is 1.53. The smallest absolute Gasteiger partial charge is 0.259 e. The molecule has 1 aromatic heterocycles. The van der Waals surface area contributed by atoms with Gasteiger partial charge in [0.25, 0.3) is 11.8 Å². The number of carbonyl (C=O) groups is 2. The predicted octanol–water partition coefficient (Wildman–Crippen LogP) is 1.62. The number of halogens is 1. The number of rotatable bonds is 5. The summed E-state index contributed by atoms with van der Waals surface area (Å²) >= 11 is 5.74. The molecule has 2 aromatic rings. The number of nitrogens with one attached hydrogen (secondary N) is 2. The van der Waals surface area contributed by atoms with Gasteiger partial charge in [0.05, 0.1) is 12.8 Å². The van der Waals surface area contributed by atoms with Gasteiger partial charge in [-0.1, -0.05) is 11.6 Å². The van der Waals surface area contributed by atoms with Crippen molar-refractivity contribution in [2.24, 2.45) is 5.10 Å². The van der Waals surface area contributed by atoms with Crippen LogP contribution in [0.4, 0.5) is 0 Å². The maximum absolute atomic E-state index is 11.8. The Bertz CT molecular complexity index is 672. The summed E-state index contributed by atoms with van der Waals surface area (Å²) in [4.78, 5) is 27.2. The molecule has 0 aliphatic carbocycles. The van der Waals surface area contributed by atoms with Gasteiger partial charge in [-0.15, -0.1) is 0 Å². The van der Waals surface area contributed by atoms with Gasteiger partial charge in [0.2, 0.25) is 0 Å². The van der Waals surface area contributed by atoms with E-state index in [-0.39, 0.29) is 12.5 Å². The van der Waals surface area contributed by atoms with Gasteiger partial charge in [0, 0.05) is 23.0 Å². The van der Waals surface area contributed by atoms with Crippen LogP contribution in [0, 0.1) is 0 Å². The molecule has 0 saturated heterocycles. The second-order valence-corrected chi connectivity index (χ2v) is 4.70. The molecule has 1 aromatic carbocycles. The summed E-state index contributed by atoms with van der Waals surface area (Å²) < 4.78 is 0. The van der Waals surface area contributed by atoms with Crippen molar-refractivity contribution in [2.45, 2.75) is 0 Å². The number of aromatic nitrogens is 1. The third-order valence-corrected chi connectivity index (χ3v) is 2.88. The van der Waals surface area contributed by atoms with E-state index in [1.807, 2.05) is 0 Å². The molecule has 0 aliphatic rings. The zero-order chi connectivity index (χ0) is 15.8. The van der Waals surface area contributed by atoms with Gasteiger partial charge < -0.3 is 5.32 Å². The SMILES string of the molecule is O=C(CNC(=O)c1ccc(Cl)cc1)NN=Cc1ccncc1. The van der Waals surface area contributed by atoms with Crippen molar-refractivity contribution < 1.29 is 9.59 Å². The third kappa shape index (κ3) is 4.99. The molecule has 0 bridgehead atoms. The molecule has 2 amide bonds. The molecule has 0 radical (unpaired) electrons. The molecule has 1 heterocycles. The molecule has 2 N–H and O–H groups in total. The highest BCUT2D eigenvalue weighted by Crippen LogP contribution is 2.09. The van der Waals surface area contributed by atoms with Crippen molar-refractivity contribution in [3.8, 4) is 0 Å². The molecular weight excluding hydrogens is 304 g/mol. The molecular formula is C15H13ClN4O2. The Hall–Kier alpha value is -2.73. The van der Waals surface area contributed by atoms with E-state index in [1.165, 1.54) is 6.21 Å². The Balaban J connectivity index is 1.77. The largest absolute Gasteiger partial charge is 0.343 e. The zero-order valence-corrected chi connectivity index (χ0v) is 12.2. The Labute approximate surface area is 132 Å². The van der Waals surface area contributed by atoms with Gasteiger partial charge >= 0.3 is 0 Å². The topological polar surface area (TPSA) is 83.5 Å². The molecule has 0 aliphatic heterocycles. The first kappa shape index (κ1) is 15.7. The standard InChI is InChI=1S/C15H13ClN4O2/c16-13-3-1-12(2-4-13)15(22)18-10-14(21)20-19-9-11-5-7-17-8-6-11/h1-9H,10H2,(H,18,22)(H,20,21). The van der Waals surface area contributed by atoms with Crippen molar-refractivity contribution in [2.75, 3.05) is 6.54 Å². The minimum Gasteiger partial charge on any atom is -0.343 e. The molecule has 2 rings (SSSR count). The Kier molecular flexibility index (Phi) is 5.62. The first-order chi connectivity index (χ1) is 10.6. The van der Waals surface area contributed by atoms with Gasteiger partial charge in [-0.3, -0.25) is 14.6 Å². The first-order valence-corrected chi connectivity index (χ1v) is 6.78. The number of hydrogen-bond acceptors (Lipinski definition) is 4. The summed E-state index contributed by atoms with van der Waals surface area (Å²) in [7, 11) is 0. The predicted molar refractivity (Wildman–Crippen MR) is 83.8 cm³/mol. The summed E-state index contributed by atoms with van der Waals surface area (Å²) in [6, 6.07) is 9.87. The normalized spacial score (nSPS) is 10.4. The van der Waals surface area contributed by atoms with E-state index < -0.39 is 5.91 Å². The molecule has 0 atom stereocenters. The number of amides is 2. The van der Waals surface area contributed by atoms with Crippen molar-refractivity contribution in [3.05, 3.63) is 64.9 Å². The molecule has 6 nitrogen and oxygen atoms in total. The van der Waals surface area contributed by atoms with Crippen LogP contribution in [0.5, 0.6) is 0 Å². The van der Waals surface area contributed by atoms with Gasteiger partial charge in [0.15, 0.2) is 0 Å². The number of hydrazone groups is 1. The lowest BCUT2D eigenvalue weighted by molar-refractivity contribution is -0.120. The maximum Gasteiger partial charge on any atom is 0.259 e. The number of hydrogen-bond donors (Lipinski definition) is 2. The molecule has 7 heteroatoms. The first-order valence-electron chi connectivity index (χ1n) is 6.41. The van der Waals surface area contributed by atoms with Crippen LogP contribution in [-0.2, 0) is 4.79 Å². The van der Waals surface area contributed by atoms with E-state index in [0.717, 1.165) is 5.56 Å². The molecule has 0 fully saturated rings. The van der Waals surface area contributed by atoms with Crippen molar-refractivity contribution in [1.82, 2.24) is 15.7 Å². The number of carbonyl (C=O) groups excluding carboxylic acids is 2. The fourth-order valence-corrected chi connectivity index (χ4v) is 1.66. The summed E-state index contributed by atoms with van der Waals surface area (Å²) in [5.41, 5.74) is 3.56. The summed E-state index contributed by atoms with van der Waals surface area (Å²) in [6.07, 6.45) is 4.73. The zero-order valence-electron chi connectivity index (χ0n) is 11.5. The summed E-state index contributed by atoms with van der Waals surface area (Å²) in [6.45, 7) is -0.171. The summed E-state index contributed by atoms with van der Waals surface area (Å²) in [5, 5.41) is 6.81. The lowest BCUT2D eigenvalue weighted by Crippen LogP contribution is -2.34. The lowest BCUT2D eigenvalue weighted by atomic mass is 10.2. The monoisotopic (exact) mass is 316 g/mol. The van der Waals surface area contributed by atoms with Gasteiger partial charge in [-0.05, 0) is 42.0 Å². The van der Waals surface area contributed by atoms with E-state index >= 15 is 0 Å². The Morgan fingerprint density at radius 3 is 2.50 bits per heavy atom. The van der Waals surface area contributed by atoms with Crippen LogP contribution in [-0.4, -0.2) is 29.6 Å². The van der Waals surface area contributed by atoms with E-state index in [4.69, 9.17) is 11.6 Å². The highest BCUT2D eigenvalue weighted by molar-refractivity contribution is 6.30. The van der Waals surface area contributed by atoms with Crippen LogP contribution in [0.3, 0.4) is 0 Å². The van der Waals surface area contributed by atoms with Crippen LogP contribution >= 0.6 is 11.6 Å². The van der Waals surface area contributed by atoms with Crippen LogP contribution < -0.4 is 10.7 Å². The Morgan fingerprint density at radius 1 is 1.14 bits per heavy atom.